The summed E-state index contributed by atoms with van der Waals surface area (Å²) in [5, 5.41) is 13.9. The smallest absolute Gasteiger partial charge is 0.438 e. The summed E-state index contributed by atoms with van der Waals surface area (Å²) < 4.78 is 44.4. The maximum absolute atomic E-state index is 13.1. The Morgan fingerprint density at radius 3 is 2.42 bits per heavy atom. The Balaban J connectivity index is 2.15. The minimum atomic E-state index is -5.03. The molecule has 2 rings (SSSR count). The predicted molar refractivity (Wildman–Crippen MR) is 82.0 cm³/mol. The molecule has 1 unspecified atom stereocenters. The largest absolute Gasteiger partial charge is 0.484 e. The van der Waals surface area contributed by atoms with Gasteiger partial charge in [-0.3, -0.25) is 4.79 Å². The summed E-state index contributed by atoms with van der Waals surface area (Å²) in [6.45, 7) is 4.08. The molecular weight excluding hydrogens is 349 g/mol. The molecule has 0 aromatic heterocycles. The second-order valence-corrected chi connectivity index (χ2v) is 6.07. The normalized spacial score (nSPS) is 21.0. The monoisotopic (exact) mass is 364 g/mol. The fourth-order valence-corrected chi connectivity index (χ4v) is 2.51. The lowest BCUT2D eigenvalue weighted by atomic mass is 10.1. The molecule has 0 saturated carbocycles. The SMILES string of the molecule is CC1=NN(C(=O)COc2cc(C)c(Cl)c(C)c2)C(O)(C(F)(F)F)C1. The van der Waals surface area contributed by atoms with Crippen LogP contribution in [0.15, 0.2) is 17.2 Å². The van der Waals surface area contributed by atoms with E-state index in [9.17, 15) is 23.1 Å². The van der Waals surface area contributed by atoms with Crippen LogP contribution in [-0.4, -0.2) is 40.2 Å². The molecule has 0 aliphatic carbocycles. The highest BCUT2D eigenvalue weighted by atomic mass is 35.5. The summed E-state index contributed by atoms with van der Waals surface area (Å²) in [6, 6.07) is 3.13. The number of halogens is 4. The Bertz CT molecular complexity index is 683. The Morgan fingerprint density at radius 1 is 1.38 bits per heavy atom. The quantitative estimate of drug-likeness (QED) is 0.896. The molecular formula is C15H16ClF3N2O3. The molecule has 5 nitrogen and oxygen atoms in total. The molecule has 24 heavy (non-hydrogen) atoms. The molecule has 1 aromatic carbocycles. The van der Waals surface area contributed by atoms with Crippen LogP contribution in [0.2, 0.25) is 5.02 Å². The van der Waals surface area contributed by atoms with E-state index in [-0.39, 0.29) is 16.5 Å². The van der Waals surface area contributed by atoms with Crippen molar-refractivity contribution in [1.29, 1.82) is 0 Å². The molecule has 1 N–H and O–H groups in total. The van der Waals surface area contributed by atoms with Crippen LogP contribution in [0.4, 0.5) is 13.2 Å². The molecule has 1 aliphatic rings. The molecule has 0 radical (unpaired) electrons. The van der Waals surface area contributed by atoms with Crippen molar-refractivity contribution in [3.63, 3.8) is 0 Å². The van der Waals surface area contributed by atoms with Crippen molar-refractivity contribution in [2.24, 2.45) is 5.10 Å². The number of aliphatic hydroxyl groups is 1. The highest BCUT2D eigenvalue weighted by molar-refractivity contribution is 6.32. The summed E-state index contributed by atoms with van der Waals surface area (Å²) in [6.07, 6.45) is -5.82. The maximum atomic E-state index is 13.1. The maximum Gasteiger partial charge on any atom is 0.438 e. The highest BCUT2D eigenvalue weighted by Crippen LogP contribution is 2.40. The first kappa shape index (κ1) is 18.5. The molecule has 0 bridgehead atoms. The van der Waals surface area contributed by atoms with E-state index in [4.69, 9.17) is 16.3 Å². The van der Waals surface area contributed by atoms with Gasteiger partial charge in [-0.25, -0.2) is 0 Å². The molecule has 0 saturated heterocycles. The molecule has 0 spiro atoms. The van der Waals surface area contributed by atoms with E-state index in [1.807, 2.05) is 0 Å². The van der Waals surface area contributed by atoms with Crippen molar-refractivity contribution in [3.8, 4) is 5.75 Å². The van der Waals surface area contributed by atoms with Crippen LogP contribution < -0.4 is 4.74 Å². The van der Waals surface area contributed by atoms with E-state index in [1.165, 1.54) is 6.92 Å². The molecule has 1 aliphatic heterocycles. The lowest BCUT2D eigenvalue weighted by Gasteiger charge is -2.32. The highest BCUT2D eigenvalue weighted by Gasteiger charge is 2.62. The number of aryl methyl sites for hydroxylation is 2. The average molecular weight is 365 g/mol. The fourth-order valence-electron chi connectivity index (χ4n) is 2.40. The van der Waals surface area contributed by atoms with E-state index >= 15 is 0 Å². The number of hydrazone groups is 1. The zero-order valence-corrected chi connectivity index (χ0v) is 14.0. The van der Waals surface area contributed by atoms with Crippen LogP contribution in [0, 0.1) is 13.8 Å². The molecule has 1 atom stereocenters. The second-order valence-electron chi connectivity index (χ2n) is 5.69. The lowest BCUT2D eigenvalue weighted by molar-refractivity contribution is -0.302. The number of carbonyl (C=O) groups is 1. The zero-order valence-electron chi connectivity index (χ0n) is 13.2. The van der Waals surface area contributed by atoms with Crippen molar-refractivity contribution in [3.05, 3.63) is 28.3 Å². The number of ether oxygens (including phenoxy) is 1. The number of hydrogen-bond donors (Lipinski definition) is 1. The Labute approximate surface area is 141 Å². The van der Waals surface area contributed by atoms with Gasteiger partial charge in [-0.05, 0) is 44.0 Å². The Hall–Kier alpha value is -1.80. The van der Waals surface area contributed by atoms with Crippen molar-refractivity contribution < 1.29 is 27.8 Å². The van der Waals surface area contributed by atoms with Crippen LogP contribution in [-0.2, 0) is 4.79 Å². The van der Waals surface area contributed by atoms with Crippen LogP contribution in [0.25, 0.3) is 0 Å². The minimum Gasteiger partial charge on any atom is -0.484 e. The van der Waals surface area contributed by atoms with Gasteiger partial charge in [0, 0.05) is 17.2 Å². The predicted octanol–water partition coefficient (Wildman–Crippen LogP) is 3.19. The van der Waals surface area contributed by atoms with Gasteiger partial charge in [0.15, 0.2) is 6.61 Å². The van der Waals surface area contributed by atoms with E-state index in [1.54, 1.807) is 26.0 Å². The van der Waals surface area contributed by atoms with Crippen molar-refractivity contribution in [2.75, 3.05) is 6.61 Å². The molecule has 1 amide bonds. The van der Waals surface area contributed by atoms with Crippen LogP contribution in [0.3, 0.4) is 0 Å². The van der Waals surface area contributed by atoms with Gasteiger partial charge in [-0.15, -0.1) is 0 Å². The van der Waals surface area contributed by atoms with Gasteiger partial charge >= 0.3 is 6.18 Å². The van der Waals surface area contributed by atoms with Gasteiger partial charge in [0.1, 0.15) is 5.75 Å². The van der Waals surface area contributed by atoms with Crippen LogP contribution >= 0.6 is 11.6 Å². The third kappa shape index (κ3) is 3.34. The van der Waals surface area contributed by atoms with E-state index in [0.29, 0.717) is 16.1 Å². The molecule has 0 fully saturated rings. The van der Waals surface area contributed by atoms with Gasteiger partial charge in [-0.2, -0.15) is 23.3 Å². The van der Waals surface area contributed by atoms with Gasteiger partial charge in [-0.1, -0.05) is 11.6 Å². The summed E-state index contributed by atoms with van der Waals surface area (Å²) in [4.78, 5) is 12.1. The summed E-state index contributed by atoms with van der Waals surface area (Å²) in [7, 11) is 0. The number of amides is 1. The van der Waals surface area contributed by atoms with Gasteiger partial charge in [0.25, 0.3) is 11.6 Å². The van der Waals surface area contributed by atoms with Gasteiger partial charge in [0.05, 0.1) is 0 Å². The molecule has 132 valence electrons. The first-order valence-corrected chi connectivity index (χ1v) is 7.39. The Kier molecular flexibility index (Phi) is 4.83. The summed E-state index contributed by atoms with van der Waals surface area (Å²) >= 11 is 6.01. The third-order valence-corrected chi connectivity index (χ3v) is 4.18. The number of carbonyl (C=O) groups excluding carboxylic acids is 1. The topological polar surface area (TPSA) is 62.1 Å². The first-order chi connectivity index (χ1) is 11.0. The summed E-state index contributed by atoms with van der Waals surface area (Å²) in [5.74, 6) is -0.810. The Morgan fingerprint density at radius 2 is 1.92 bits per heavy atom. The first-order valence-electron chi connectivity index (χ1n) is 7.01. The van der Waals surface area contributed by atoms with E-state index in [0.717, 1.165) is 0 Å². The second kappa shape index (κ2) is 6.25. The lowest BCUT2D eigenvalue weighted by Crippen LogP contribution is -2.57. The van der Waals surface area contributed by atoms with Crippen molar-refractivity contribution >= 4 is 23.2 Å². The van der Waals surface area contributed by atoms with Crippen molar-refractivity contribution in [1.82, 2.24) is 5.01 Å². The van der Waals surface area contributed by atoms with Gasteiger partial charge < -0.3 is 9.84 Å². The zero-order chi connectivity index (χ0) is 18.3. The van der Waals surface area contributed by atoms with Crippen molar-refractivity contribution in [2.45, 2.75) is 39.1 Å². The number of hydrogen-bond acceptors (Lipinski definition) is 4. The number of rotatable bonds is 3. The van der Waals surface area contributed by atoms with Gasteiger partial charge in [0.2, 0.25) is 0 Å². The fraction of sp³-hybridized carbons (Fsp3) is 0.467. The number of nitrogens with zero attached hydrogens (tertiary/aromatic N) is 2. The number of benzene rings is 1. The van der Waals surface area contributed by atoms with E-state index < -0.39 is 30.8 Å². The molecule has 1 aromatic rings. The standard InChI is InChI=1S/C15H16ClF3N2O3/c1-8-4-11(5-9(2)13(8)16)24-7-12(22)21-14(23,15(17,18)19)6-10(3)20-21/h4-5,23H,6-7H2,1-3H3. The van der Waals surface area contributed by atoms with Crippen LogP contribution in [0.5, 0.6) is 5.75 Å². The minimum absolute atomic E-state index is 0.00126. The van der Waals surface area contributed by atoms with Crippen LogP contribution in [0.1, 0.15) is 24.5 Å². The average Bonchev–Trinajstić information content (AvgIpc) is 2.78. The van der Waals surface area contributed by atoms with E-state index in [2.05, 4.69) is 5.10 Å². The molecule has 9 heteroatoms. The summed E-state index contributed by atoms with van der Waals surface area (Å²) in [5.41, 5.74) is -1.92. The third-order valence-electron chi connectivity index (χ3n) is 3.59. The molecule has 1 heterocycles. The number of alkyl halides is 3.